The van der Waals surface area contributed by atoms with Gasteiger partial charge in [0.1, 0.15) is 5.75 Å². The van der Waals surface area contributed by atoms with E-state index >= 15 is 0 Å². The molecule has 20 heavy (non-hydrogen) atoms. The molecule has 4 N–H and O–H groups in total. The number of ether oxygens (including phenoxy) is 1. The fraction of sp³-hybridized carbons (Fsp3) is 0.308. The molecule has 0 saturated heterocycles. The molecule has 2 rings (SSSR count). The molecule has 6 nitrogen and oxygen atoms in total. The van der Waals surface area contributed by atoms with Crippen LogP contribution in [-0.4, -0.2) is 35.8 Å². The number of halogens is 1. The van der Waals surface area contributed by atoms with Gasteiger partial charge in [0.2, 0.25) is 0 Å². The van der Waals surface area contributed by atoms with Crippen molar-refractivity contribution < 1.29 is 14.6 Å². The van der Waals surface area contributed by atoms with Crippen molar-refractivity contribution in [1.82, 2.24) is 10.4 Å². The molecule has 1 amide bonds. The fourth-order valence-corrected chi connectivity index (χ4v) is 1.95. The maximum Gasteiger partial charge on any atom is 0.274 e. The second-order valence-corrected chi connectivity index (χ2v) is 4.62. The Hall–Kier alpha value is -2.10. The van der Waals surface area contributed by atoms with E-state index in [0.717, 1.165) is 0 Å². The maximum atomic E-state index is 12.2. The van der Waals surface area contributed by atoms with Gasteiger partial charge in [-0.15, -0.1) is 0 Å². The molecule has 7 heteroatoms. The van der Waals surface area contributed by atoms with Gasteiger partial charge in [-0.1, -0.05) is 17.5 Å². The van der Waals surface area contributed by atoms with Gasteiger partial charge in [0.25, 0.3) is 5.91 Å². The van der Waals surface area contributed by atoms with E-state index in [4.69, 9.17) is 27.2 Å². The lowest BCUT2D eigenvalue weighted by molar-refractivity contribution is 0.0774. The minimum Gasteiger partial charge on any atom is -0.496 e. The molecule has 1 aliphatic rings. The smallest absolute Gasteiger partial charge is 0.274 e. The number of nitrogens with two attached hydrogens (primary N) is 1. The van der Waals surface area contributed by atoms with Gasteiger partial charge in [0, 0.05) is 18.5 Å². The molecular formula is C13H14ClN3O3. The van der Waals surface area contributed by atoms with E-state index in [9.17, 15) is 4.79 Å². The molecule has 106 valence electrons. The molecule has 0 aromatic heterocycles. The number of carbonyl (C=O) groups is 1. The third-order valence-electron chi connectivity index (χ3n) is 2.90. The highest BCUT2D eigenvalue weighted by atomic mass is 35.5. The van der Waals surface area contributed by atoms with Crippen LogP contribution in [0.1, 0.15) is 16.8 Å². The Morgan fingerprint density at radius 2 is 2.45 bits per heavy atom. The number of methoxy groups -OCH3 is 1. The van der Waals surface area contributed by atoms with Crippen molar-refractivity contribution in [2.24, 2.45) is 0 Å². The van der Waals surface area contributed by atoms with Crippen LogP contribution < -0.4 is 15.9 Å². The first-order chi connectivity index (χ1) is 9.56. The average Bonchev–Trinajstić information content (AvgIpc) is 2.88. The summed E-state index contributed by atoms with van der Waals surface area (Å²) in [6, 6.07) is 5.36. The number of benzene rings is 1. The first-order valence-corrected chi connectivity index (χ1v) is 6.27. The van der Waals surface area contributed by atoms with Crippen LogP contribution in [0.4, 0.5) is 5.69 Å². The minimum atomic E-state index is -0.432. The molecule has 0 unspecified atom stereocenters. The molecule has 1 atom stereocenters. The van der Waals surface area contributed by atoms with E-state index in [-0.39, 0.29) is 23.2 Å². The van der Waals surface area contributed by atoms with Gasteiger partial charge >= 0.3 is 0 Å². The second-order valence-electron chi connectivity index (χ2n) is 4.21. The van der Waals surface area contributed by atoms with E-state index < -0.39 is 5.91 Å². The van der Waals surface area contributed by atoms with Crippen LogP contribution in [0.2, 0.25) is 5.02 Å². The van der Waals surface area contributed by atoms with E-state index in [1.54, 1.807) is 0 Å². The van der Waals surface area contributed by atoms with Gasteiger partial charge in [-0.2, -0.15) is 0 Å². The molecule has 0 fully saturated rings. The Kier molecular flexibility index (Phi) is 4.23. The molecule has 0 spiro atoms. The van der Waals surface area contributed by atoms with Gasteiger partial charge in [-0.3, -0.25) is 10.2 Å². The number of anilines is 1. The Morgan fingerprint density at radius 1 is 1.70 bits per heavy atom. The van der Waals surface area contributed by atoms with Crippen LogP contribution in [0, 0.1) is 12.0 Å². The summed E-state index contributed by atoms with van der Waals surface area (Å²) in [5, 5.41) is 10.8. The standard InChI is InChI=1S/C13H14ClN3O3/c1-20-12-6-11(15)10(14)5-9(12)13(19)16-17-4-2-3-8(17)7-18/h5-6,8,18H,3,7,15H2,1H3,(H,16,19)/t8-/m0/s1. The highest BCUT2D eigenvalue weighted by Gasteiger charge is 2.23. The lowest BCUT2D eigenvalue weighted by Crippen LogP contribution is -2.45. The largest absolute Gasteiger partial charge is 0.496 e. The molecule has 0 bridgehead atoms. The van der Waals surface area contributed by atoms with Crippen LogP contribution >= 0.6 is 11.6 Å². The quantitative estimate of drug-likeness (QED) is 0.559. The van der Waals surface area contributed by atoms with Crippen LogP contribution in [0.25, 0.3) is 0 Å². The zero-order valence-corrected chi connectivity index (χ0v) is 11.6. The Labute approximate surface area is 121 Å². The third-order valence-corrected chi connectivity index (χ3v) is 3.23. The van der Waals surface area contributed by atoms with Crippen molar-refractivity contribution in [2.45, 2.75) is 12.5 Å². The summed E-state index contributed by atoms with van der Waals surface area (Å²) in [5.74, 6) is 2.69. The molecule has 1 heterocycles. The predicted molar refractivity (Wildman–Crippen MR) is 75.0 cm³/mol. The van der Waals surface area contributed by atoms with Crippen molar-refractivity contribution in [3.8, 4) is 17.7 Å². The highest BCUT2D eigenvalue weighted by molar-refractivity contribution is 6.33. The van der Waals surface area contributed by atoms with Crippen molar-refractivity contribution in [2.75, 3.05) is 19.5 Å². The van der Waals surface area contributed by atoms with E-state index in [1.165, 1.54) is 24.3 Å². The average molecular weight is 296 g/mol. The number of aliphatic hydroxyl groups is 1. The topological polar surface area (TPSA) is 87.8 Å². The summed E-state index contributed by atoms with van der Waals surface area (Å²) >= 11 is 5.92. The Balaban J connectivity index is 2.21. The number of rotatable bonds is 4. The van der Waals surface area contributed by atoms with Gasteiger partial charge in [0.05, 0.1) is 36.0 Å². The normalized spacial score (nSPS) is 16.6. The first kappa shape index (κ1) is 14.3. The van der Waals surface area contributed by atoms with Crippen molar-refractivity contribution in [1.29, 1.82) is 0 Å². The summed E-state index contributed by atoms with van der Waals surface area (Å²) in [5.41, 5.74) is 8.84. The van der Waals surface area contributed by atoms with Crippen molar-refractivity contribution in [3.63, 3.8) is 0 Å². The van der Waals surface area contributed by atoms with Gasteiger partial charge in [0.15, 0.2) is 0 Å². The lowest BCUT2D eigenvalue weighted by Gasteiger charge is -2.22. The van der Waals surface area contributed by atoms with Gasteiger partial charge in [-0.05, 0) is 6.07 Å². The third kappa shape index (κ3) is 2.74. The number of nitrogens with one attached hydrogen (secondary N) is 1. The molecular weight excluding hydrogens is 282 g/mol. The van der Waals surface area contributed by atoms with Crippen LogP contribution in [0.15, 0.2) is 12.1 Å². The zero-order chi connectivity index (χ0) is 14.7. The van der Waals surface area contributed by atoms with E-state index in [2.05, 4.69) is 17.4 Å². The van der Waals surface area contributed by atoms with Gasteiger partial charge in [-0.25, -0.2) is 5.01 Å². The number of amides is 1. The van der Waals surface area contributed by atoms with E-state index in [1.807, 2.05) is 0 Å². The number of nitrogen functional groups attached to an aromatic ring is 1. The van der Waals surface area contributed by atoms with Crippen LogP contribution in [0.5, 0.6) is 5.75 Å². The second kappa shape index (κ2) is 5.90. The molecule has 0 saturated carbocycles. The maximum absolute atomic E-state index is 12.2. The van der Waals surface area contributed by atoms with Crippen molar-refractivity contribution in [3.05, 3.63) is 22.7 Å². The number of hydrogen-bond acceptors (Lipinski definition) is 5. The summed E-state index contributed by atoms with van der Waals surface area (Å²) in [6.45, 7) is -0.111. The van der Waals surface area contributed by atoms with Crippen molar-refractivity contribution >= 4 is 23.2 Å². The van der Waals surface area contributed by atoms with Crippen LogP contribution in [-0.2, 0) is 0 Å². The number of aliphatic hydroxyl groups excluding tert-OH is 1. The predicted octanol–water partition coefficient (Wildman–Crippen LogP) is 0.603. The molecule has 1 aromatic carbocycles. The molecule has 0 radical (unpaired) electrons. The number of hydrazine groups is 1. The SMILES string of the molecule is COc1cc(N)c(Cl)cc1C(=O)NN1C#CC[C@H]1CO. The number of nitrogens with zero attached hydrogens (tertiary/aromatic N) is 1. The first-order valence-electron chi connectivity index (χ1n) is 5.89. The monoisotopic (exact) mass is 295 g/mol. The van der Waals surface area contributed by atoms with Gasteiger partial charge < -0.3 is 15.6 Å². The Bertz CT molecular complexity index is 595. The minimum absolute atomic E-state index is 0.111. The highest BCUT2D eigenvalue weighted by Crippen LogP contribution is 2.28. The summed E-state index contributed by atoms with van der Waals surface area (Å²) in [6.07, 6.45) is 0.496. The fourth-order valence-electron chi connectivity index (χ4n) is 1.78. The number of carbonyl (C=O) groups excluding carboxylic acids is 1. The van der Waals surface area contributed by atoms with E-state index in [0.29, 0.717) is 17.9 Å². The van der Waals surface area contributed by atoms with Crippen LogP contribution in [0.3, 0.4) is 0 Å². The molecule has 1 aliphatic heterocycles. The lowest BCUT2D eigenvalue weighted by atomic mass is 10.1. The molecule has 0 aliphatic carbocycles. The zero-order valence-electron chi connectivity index (χ0n) is 10.8. The summed E-state index contributed by atoms with van der Waals surface area (Å²) in [7, 11) is 1.44. The number of hydrogen-bond donors (Lipinski definition) is 3. The Morgan fingerprint density at radius 3 is 3.10 bits per heavy atom. The molecule has 1 aromatic rings. The summed E-state index contributed by atoms with van der Waals surface area (Å²) in [4.78, 5) is 12.2. The summed E-state index contributed by atoms with van der Waals surface area (Å²) < 4.78 is 5.12.